The first-order valence-electron chi connectivity index (χ1n) is 6.28. The smallest absolute Gasteiger partial charge is 0.0392 e. The summed E-state index contributed by atoms with van der Waals surface area (Å²) in [5, 5.41) is 3.63. The molecule has 1 saturated carbocycles. The van der Waals surface area contributed by atoms with E-state index in [2.05, 4.69) is 25.2 Å². The molecule has 1 aromatic rings. The Morgan fingerprint density at radius 2 is 1.88 bits per heavy atom. The summed E-state index contributed by atoms with van der Waals surface area (Å²) >= 11 is 0. The highest BCUT2D eigenvalue weighted by Gasteiger charge is 2.18. The van der Waals surface area contributed by atoms with Gasteiger partial charge in [-0.25, -0.2) is 0 Å². The van der Waals surface area contributed by atoms with Crippen molar-refractivity contribution in [2.45, 2.75) is 45.6 Å². The summed E-state index contributed by atoms with van der Waals surface area (Å²) in [5.41, 5.74) is 9.18. The number of nitrogens with two attached hydrogens (primary N) is 1. The van der Waals surface area contributed by atoms with E-state index in [1.54, 1.807) is 0 Å². The van der Waals surface area contributed by atoms with E-state index in [1.807, 2.05) is 12.1 Å². The van der Waals surface area contributed by atoms with E-state index in [0.29, 0.717) is 6.04 Å². The van der Waals surface area contributed by atoms with Gasteiger partial charge in [-0.05, 0) is 56.2 Å². The number of hydrogen-bond acceptors (Lipinski definition) is 2. The zero-order chi connectivity index (χ0) is 11.5. The van der Waals surface area contributed by atoms with Gasteiger partial charge in [0.05, 0.1) is 0 Å². The molecule has 1 aromatic carbocycles. The summed E-state index contributed by atoms with van der Waals surface area (Å²) in [6.07, 6.45) is 5.27. The van der Waals surface area contributed by atoms with Crippen LogP contribution in [0.3, 0.4) is 0 Å². The van der Waals surface area contributed by atoms with Crippen molar-refractivity contribution in [3.8, 4) is 0 Å². The fourth-order valence-electron chi connectivity index (χ4n) is 2.43. The Labute approximate surface area is 98.2 Å². The lowest BCUT2D eigenvalue weighted by atomic mass is 9.87. The zero-order valence-electron chi connectivity index (χ0n) is 10.3. The first-order valence-corrected chi connectivity index (χ1v) is 6.28. The largest absolute Gasteiger partial charge is 0.398 e. The summed E-state index contributed by atoms with van der Waals surface area (Å²) in [7, 11) is 0. The third-order valence-electron chi connectivity index (χ3n) is 3.75. The van der Waals surface area contributed by atoms with Crippen molar-refractivity contribution < 1.29 is 0 Å². The second-order valence-corrected chi connectivity index (χ2v) is 5.12. The lowest BCUT2D eigenvalue weighted by Crippen LogP contribution is -2.25. The van der Waals surface area contributed by atoms with Crippen molar-refractivity contribution in [3.63, 3.8) is 0 Å². The summed E-state index contributed by atoms with van der Waals surface area (Å²) < 4.78 is 0. The number of hydrogen-bond donors (Lipinski definition) is 2. The standard InChI is InChI=1S/C14H22N2/c1-10-6-8-12(9-7-10)16-14-5-3-4-13(15)11(14)2/h3-5,10,12,16H,6-9,15H2,1-2H3. The lowest BCUT2D eigenvalue weighted by Gasteiger charge is -2.28. The van der Waals surface area contributed by atoms with Crippen molar-refractivity contribution in [2.24, 2.45) is 5.92 Å². The van der Waals surface area contributed by atoms with Crippen LogP contribution in [-0.2, 0) is 0 Å². The van der Waals surface area contributed by atoms with Gasteiger partial charge in [-0.1, -0.05) is 13.0 Å². The first kappa shape index (κ1) is 11.3. The van der Waals surface area contributed by atoms with Crippen molar-refractivity contribution in [2.75, 3.05) is 11.1 Å². The molecule has 0 bridgehead atoms. The van der Waals surface area contributed by atoms with Crippen LogP contribution in [-0.4, -0.2) is 6.04 Å². The Morgan fingerprint density at radius 3 is 2.56 bits per heavy atom. The van der Waals surface area contributed by atoms with Gasteiger partial charge in [-0.2, -0.15) is 0 Å². The Morgan fingerprint density at radius 1 is 1.19 bits per heavy atom. The molecular weight excluding hydrogens is 196 g/mol. The topological polar surface area (TPSA) is 38.0 Å². The van der Waals surface area contributed by atoms with Crippen LogP contribution in [0, 0.1) is 12.8 Å². The second-order valence-electron chi connectivity index (χ2n) is 5.12. The molecule has 3 N–H and O–H groups in total. The molecule has 0 unspecified atom stereocenters. The maximum absolute atomic E-state index is 5.91. The molecule has 2 rings (SSSR count). The molecule has 1 aliphatic carbocycles. The Kier molecular flexibility index (Phi) is 3.37. The third kappa shape index (κ3) is 2.49. The van der Waals surface area contributed by atoms with Crippen LogP contribution < -0.4 is 11.1 Å². The molecule has 0 atom stereocenters. The summed E-state index contributed by atoms with van der Waals surface area (Å²) in [4.78, 5) is 0. The van der Waals surface area contributed by atoms with Crippen LogP contribution >= 0.6 is 0 Å². The summed E-state index contributed by atoms with van der Waals surface area (Å²) in [6.45, 7) is 4.44. The van der Waals surface area contributed by atoms with Crippen LogP contribution in [0.4, 0.5) is 11.4 Å². The molecule has 1 aliphatic rings. The van der Waals surface area contributed by atoms with E-state index in [9.17, 15) is 0 Å². The predicted octanol–water partition coefficient (Wildman–Crippen LogP) is 3.57. The maximum atomic E-state index is 5.91. The van der Waals surface area contributed by atoms with E-state index in [1.165, 1.54) is 36.9 Å². The Hall–Kier alpha value is -1.18. The van der Waals surface area contributed by atoms with Gasteiger partial charge in [0.25, 0.3) is 0 Å². The van der Waals surface area contributed by atoms with Gasteiger partial charge in [0.15, 0.2) is 0 Å². The summed E-state index contributed by atoms with van der Waals surface area (Å²) in [6, 6.07) is 6.75. The Bertz CT molecular complexity index is 352. The molecule has 1 fully saturated rings. The van der Waals surface area contributed by atoms with E-state index in [-0.39, 0.29) is 0 Å². The van der Waals surface area contributed by atoms with Crippen LogP contribution in [0.25, 0.3) is 0 Å². The predicted molar refractivity (Wildman–Crippen MR) is 70.6 cm³/mol. The average Bonchev–Trinajstić information content (AvgIpc) is 2.28. The minimum Gasteiger partial charge on any atom is -0.398 e. The van der Waals surface area contributed by atoms with Crippen LogP contribution in [0.15, 0.2) is 18.2 Å². The third-order valence-corrected chi connectivity index (χ3v) is 3.75. The van der Waals surface area contributed by atoms with E-state index in [4.69, 9.17) is 5.73 Å². The van der Waals surface area contributed by atoms with E-state index < -0.39 is 0 Å². The van der Waals surface area contributed by atoms with Crippen molar-refractivity contribution in [1.82, 2.24) is 0 Å². The van der Waals surface area contributed by atoms with Crippen LogP contribution in [0.5, 0.6) is 0 Å². The zero-order valence-corrected chi connectivity index (χ0v) is 10.3. The van der Waals surface area contributed by atoms with E-state index >= 15 is 0 Å². The Balaban J connectivity index is 2.01. The molecule has 2 heteroatoms. The highest BCUT2D eigenvalue weighted by molar-refractivity contribution is 5.63. The van der Waals surface area contributed by atoms with Crippen LogP contribution in [0.2, 0.25) is 0 Å². The second kappa shape index (κ2) is 4.77. The number of rotatable bonds is 2. The molecule has 0 aliphatic heterocycles. The number of anilines is 2. The molecule has 0 radical (unpaired) electrons. The number of benzene rings is 1. The highest BCUT2D eigenvalue weighted by atomic mass is 14.9. The van der Waals surface area contributed by atoms with Gasteiger partial charge in [-0.15, -0.1) is 0 Å². The van der Waals surface area contributed by atoms with Gasteiger partial charge < -0.3 is 11.1 Å². The monoisotopic (exact) mass is 218 g/mol. The van der Waals surface area contributed by atoms with E-state index in [0.717, 1.165) is 11.6 Å². The lowest BCUT2D eigenvalue weighted by molar-refractivity contribution is 0.361. The molecule has 0 saturated heterocycles. The SMILES string of the molecule is Cc1c(N)cccc1NC1CCC(C)CC1. The van der Waals surface area contributed by atoms with Gasteiger partial charge in [0.1, 0.15) is 0 Å². The van der Waals surface area contributed by atoms with Crippen molar-refractivity contribution in [3.05, 3.63) is 23.8 Å². The quantitative estimate of drug-likeness (QED) is 0.745. The minimum absolute atomic E-state index is 0.636. The number of nitrogen functional groups attached to an aromatic ring is 1. The molecule has 0 amide bonds. The fourth-order valence-corrected chi connectivity index (χ4v) is 2.43. The maximum Gasteiger partial charge on any atom is 0.0392 e. The average molecular weight is 218 g/mol. The van der Waals surface area contributed by atoms with Crippen molar-refractivity contribution in [1.29, 1.82) is 0 Å². The number of nitrogens with one attached hydrogen (secondary N) is 1. The van der Waals surface area contributed by atoms with Gasteiger partial charge in [-0.3, -0.25) is 0 Å². The molecule has 2 nitrogen and oxygen atoms in total. The first-order chi connectivity index (χ1) is 7.66. The molecule has 0 heterocycles. The normalized spacial score (nSPS) is 25.4. The van der Waals surface area contributed by atoms with Gasteiger partial charge in [0.2, 0.25) is 0 Å². The van der Waals surface area contributed by atoms with Gasteiger partial charge in [0, 0.05) is 17.4 Å². The highest BCUT2D eigenvalue weighted by Crippen LogP contribution is 2.28. The molecule has 0 aromatic heterocycles. The molecule has 0 spiro atoms. The minimum atomic E-state index is 0.636. The fraction of sp³-hybridized carbons (Fsp3) is 0.571. The molecule has 88 valence electrons. The molecular formula is C14H22N2. The van der Waals surface area contributed by atoms with Gasteiger partial charge >= 0.3 is 0 Å². The van der Waals surface area contributed by atoms with Crippen molar-refractivity contribution >= 4 is 11.4 Å². The summed E-state index contributed by atoms with van der Waals surface area (Å²) in [5.74, 6) is 0.903. The molecule has 16 heavy (non-hydrogen) atoms. The van der Waals surface area contributed by atoms with Crippen LogP contribution in [0.1, 0.15) is 38.2 Å².